The largest absolute Gasteiger partial charge is 0.497 e. The first-order valence-corrected chi connectivity index (χ1v) is 11.7. The van der Waals surface area contributed by atoms with Crippen molar-refractivity contribution in [3.8, 4) is 17.2 Å². The number of hydrogen-bond acceptors (Lipinski definition) is 6. The van der Waals surface area contributed by atoms with E-state index in [2.05, 4.69) is 5.32 Å². The Balaban J connectivity index is 1.44. The Bertz CT molecular complexity index is 1240. The molecule has 0 fully saturated rings. The highest BCUT2D eigenvalue weighted by molar-refractivity contribution is 6.05. The lowest BCUT2D eigenvalue weighted by molar-refractivity contribution is -0.127. The van der Waals surface area contributed by atoms with E-state index in [0.29, 0.717) is 41.5 Å². The monoisotopic (exact) mass is 488 g/mol. The number of benzene rings is 3. The summed E-state index contributed by atoms with van der Waals surface area (Å²) in [5, 5.41) is 2.89. The Kier molecular flexibility index (Phi) is 7.85. The third kappa shape index (κ3) is 5.83. The maximum Gasteiger partial charge on any atom is 0.265 e. The lowest BCUT2D eigenvalue weighted by Gasteiger charge is -2.33. The predicted molar refractivity (Wildman–Crippen MR) is 135 cm³/mol. The molecule has 0 bridgehead atoms. The van der Waals surface area contributed by atoms with Crippen LogP contribution >= 0.6 is 0 Å². The van der Waals surface area contributed by atoms with Gasteiger partial charge in [-0.05, 0) is 49.2 Å². The number of amides is 2. The number of anilines is 1. The fourth-order valence-electron chi connectivity index (χ4n) is 3.93. The van der Waals surface area contributed by atoms with Gasteiger partial charge in [0.05, 0.1) is 12.8 Å². The average Bonchev–Trinajstić information content (AvgIpc) is 2.91. The number of nitrogens with one attached hydrogen (secondary N) is 1. The zero-order valence-corrected chi connectivity index (χ0v) is 20.2. The first kappa shape index (κ1) is 24.8. The van der Waals surface area contributed by atoms with Crippen LogP contribution in [-0.2, 0) is 16.0 Å². The van der Waals surface area contributed by atoms with Crippen LogP contribution in [-0.4, -0.2) is 50.5 Å². The van der Waals surface area contributed by atoms with Crippen molar-refractivity contribution in [3.63, 3.8) is 0 Å². The molecule has 1 aliphatic heterocycles. The third-order valence-corrected chi connectivity index (χ3v) is 5.89. The Morgan fingerprint density at radius 2 is 1.81 bits per heavy atom. The van der Waals surface area contributed by atoms with Crippen LogP contribution in [0.5, 0.6) is 17.2 Å². The number of Topliss-reactive ketones (excluding diaryl/α,β-unsaturated/α-hetero) is 1. The summed E-state index contributed by atoms with van der Waals surface area (Å²) in [5.41, 5.74) is 1.83. The maximum atomic E-state index is 12.9. The molecule has 3 aromatic carbocycles. The molecule has 2 amide bonds. The molecular weight excluding hydrogens is 460 g/mol. The second-order valence-electron chi connectivity index (χ2n) is 8.33. The standard InChI is InChI=1S/C28H28N2O6/c1-19(28(33)29-14-13-20-7-4-3-5-8-20)30-24-15-21(11-12-26(24)36-18-27(30)32)25(31)17-35-23-10-6-9-22(16-23)34-2/h3-12,15-16,19H,13-14,17-18H2,1-2H3,(H,29,33)/t19-/m0/s1. The van der Waals surface area contributed by atoms with E-state index in [1.165, 1.54) is 4.90 Å². The smallest absolute Gasteiger partial charge is 0.265 e. The summed E-state index contributed by atoms with van der Waals surface area (Å²) >= 11 is 0. The summed E-state index contributed by atoms with van der Waals surface area (Å²) in [6.07, 6.45) is 0.679. The van der Waals surface area contributed by atoms with Crippen molar-refractivity contribution in [2.75, 3.05) is 31.8 Å². The van der Waals surface area contributed by atoms with Gasteiger partial charge < -0.3 is 19.5 Å². The molecule has 0 spiro atoms. The molecule has 1 atom stereocenters. The van der Waals surface area contributed by atoms with Crippen molar-refractivity contribution in [3.05, 3.63) is 83.9 Å². The summed E-state index contributed by atoms with van der Waals surface area (Å²) in [6, 6.07) is 20.8. The van der Waals surface area contributed by atoms with Crippen LogP contribution in [0.25, 0.3) is 0 Å². The zero-order chi connectivity index (χ0) is 25.5. The van der Waals surface area contributed by atoms with Gasteiger partial charge in [0.2, 0.25) is 5.91 Å². The molecule has 4 rings (SSSR count). The van der Waals surface area contributed by atoms with Crippen molar-refractivity contribution in [1.29, 1.82) is 0 Å². The van der Waals surface area contributed by atoms with E-state index in [0.717, 1.165) is 5.56 Å². The van der Waals surface area contributed by atoms with E-state index in [-0.39, 0.29) is 30.8 Å². The number of nitrogens with zero attached hydrogens (tertiary/aromatic N) is 1. The molecule has 3 aromatic rings. The molecule has 186 valence electrons. The molecule has 1 heterocycles. The predicted octanol–water partition coefficient (Wildman–Crippen LogP) is 3.43. The number of fused-ring (bicyclic) bond motifs is 1. The molecule has 1 aliphatic rings. The highest BCUT2D eigenvalue weighted by atomic mass is 16.5. The second kappa shape index (κ2) is 11.4. The van der Waals surface area contributed by atoms with Crippen molar-refractivity contribution in [1.82, 2.24) is 5.32 Å². The Hall–Kier alpha value is -4.33. The topological polar surface area (TPSA) is 94.2 Å². The number of methoxy groups -OCH3 is 1. The number of carbonyl (C=O) groups is 3. The zero-order valence-electron chi connectivity index (χ0n) is 20.2. The van der Waals surface area contributed by atoms with E-state index in [4.69, 9.17) is 14.2 Å². The van der Waals surface area contributed by atoms with E-state index < -0.39 is 6.04 Å². The summed E-state index contributed by atoms with van der Waals surface area (Å²) in [5.74, 6) is 0.635. The molecule has 8 nitrogen and oxygen atoms in total. The SMILES string of the molecule is COc1cccc(OCC(=O)c2ccc3c(c2)N([C@@H](C)C(=O)NCCc2ccccc2)C(=O)CO3)c1. The fourth-order valence-corrected chi connectivity index (χ4v) is 3.93. The maximum absolute atomic E-state index is 12.9. The summed E-state index contributed by atoms with van der Waals surface area (Å²) < 4.78 is 16.3. The molecule has 36 heavy (non-hydrogen) atoms. The number of hydrogen-bond donors (Lipinski definition) is 1. The molecule has 0 unspecified atom stereocenters. The molecule has 0 saturated heterocycles. The van der Waals surface area contributed by atoms with Gasteiger partial charge in [0, 0.05) is 18.2 Å². The molecular formula is C28H28N2O6. The quantitative estimate of drug-likeness (QED) is 0.440. The van der Waals surface area contributed by atoms with Crippen molar-refractivity contribution in [2.24, 2.45) is 0 Å². The van der Waals surface area contributed by atoms with Crippen LogP contribution in [0.2, 0.25) is 0 Å². The first-order chi connectivity index (χ1) is 17.5. The van der Waals surface area contributed by atoms with Gasteiger partial charge in [-0.1, -0.05) is 36.4 Å². The Morgan fingerprint density at radius 1 is 1.03 bits per heavy atom. The first-order valence-electron chi connectivity index (χ1n) is 11.7. The molecule has 8 heteroatoms. The number of ketones is 1. The highest BCUT2D eigenvalue weighted by Gasteiger charge is 2.33. The van der Waals surface area contributed by atoms with Crippen LogP contribution in [0, 0.1) is 0 Å². The van der Waals surface area contributed by atoms with E-state index in [9.17, 15) is 14.4 Å². The van der Waals surface area contributed by atoms with Gasteiger partial charge in [-0.3, -0.25) is 19.3 Å². The van der Waals surface area contributed by atoms with E-state index in [1.54, 1.807) is 56.5 Å². The lowest BCUT2D eigenvalue weighted by Crippen LogP contribution is -2.51. The fraction of sp³-hybridized carbons (Fsp3) is 0.250. The number of carbonyl (C=O) groups excluding carboxylic acids is 3. The normalized spacial score (nSPS) is 13.3. The minimum Gasteiger partial charge on any atom is -0.497 e. The highest BCUT2D eigenvalue weighted by Crippen LogP contribution is 2.34. The van der Waals surface area contributed by atoms with Crippen molar-refractivity contribution < 1.29 is 28.6 Å². The summed E-state index contributed by atoms with van der Waals surface area (Å²) in [7, 11) is 1.55. The lowest BCUT2D eigenvalue weighted by atomic mass is 10.1. The van der Waals surface area contributed by atoms with Gasteiger partial charge in [-0.15, -0.1) is 0 Å². The van der Waals surface area contributed by atoms with Crippen LogP contribution in [0.3, 0.4) is 0 Å². The minimum atomic E-state index is -0.783. The van der Waals surface area contributed by atoms with E-state index in [1.807, 2.05) is 30.3 Å². The molecule has 0 aliphatic carbocycles. The molecule has 1 N–H and O–H groups in total. The van der Waals surface area contributed by atoms with E-state index >= 15 is 0 Å². The molecule has 0 aromatic heterocycles. The van der Waals surface area contributed by atoms with Gasteiger partial charge in [-0.2, -0.15) is 0 Å². The van der Waals surface area contributed by atoms with Gasteiger partial charge in [-0.25, -0.2) is 0 Å². The summed E-state index contributed by atoms with van der Waals surface area (Å²) in [6.45, 7) is 1.72. The Labute approximate surface area is 209 Å². The second-order valence-corrected chi connectivity index (χ2v) is 8.33. The van der Waals surface area contributed by atoms with Gasteiger partial charge in [0.1, 0.15) is 23.3 Å². The summed E-state index contributed by atoms with van der Waals surface area (Å²) in [4.78, 5) is 39.9. The minimum absolute atomic E-state index is 0.180. The Morgan fingerprint density at radius 3 is 2.58 bits per heavy atom. The van der Waals surface area contributed by atoms with Crippen LogP contribution < -0.4 is 24.4 Å². The van der Waals surface area contributed by atoms with Crippen molar-refractivity contribution in [2.45, 2.75) is 19.4 Å². The molecule has 0 radical (unpaired) electrons. The van der Waals surface area contributed by atoms with Crippen molar-refractivity contribution >= 4 is 23.3 Å². The number of rotatable bonds is 10. The van der Waals surface area contributed by atoms with Crippen LogP contribution in [0.1, 0.15) is 22.8 Å². The average molecular weight is 489 g/mol. The van der Waals surface area contributed by atoms with Gasteiger partial charge in [0.25, 0.3) is 5.91 Å². The van der Waals surface area contributed by atoms with Crippen LogP contribution in [0.4, 0.5) is 5.69 Å². The van der Waals surface area contributed by atoms with Gasteiger partial charge in [0.15, 0.2) is 19.0 Å². The molecule has 0 saturated carbocycles. The van der Waals surface area contributed by atoms with Crippen LogP contribution in [0.15, 0.2) is 72.8 Å². The van der Waals surface area contributed by atoms with Gasteiger partial charge >= 0.3 is 0 Å². The number of ether oxygens (including phenoxy) is 3. The third-order valence-electron chi connectivity index (χ3n) is 5.89.